The van der Waals surface area contributed by atoms with Gasteiger partial charge in [-0.05, 0) is 24.6 Å². The zero-order valence-electron chi connectivity index (χ0n) is 14.2. The highest BCUT2D eigenvalue weighted by molar-refractivity contribution is 5.69. The minimum Gasteiger partial charge on any atom is -0.397 e. The van der Waals surface area contributed by atoms with Crippen molar-refractivity contribution in [1.82, 2.24) is 20.2 Å². The van der Waals surface area contributed by atoms with E-state index < -0.39 is 0 Å². The molecule has 0 aliphatic carbocycles. The molecule has 128 valence electrons. The summed E-state index contributed by atoms with van der Waals surface area (Å²) in [5.41, 5.74) is 12.6. The molecule has 0 radical (unpaired) electrons. The Kier molecular flexibility index (Phi) is 3.97. The molecule has 7 heteroatoms. The number of hydrogen-bond acceptors (Lipinski definition) is 6. The van der Waals surface area contributed by atoms with Crippen molar-refractivity contribution in [3.05, 3.63) is 59.3 Å². The number of fused-ring (bicyclic) bond motifs is 1. The van der Waals surface area contributed by atoms with Crippen LogP contribution >= 0.6 is 0 Å². The average Bonchev–Trinajstić information content (AvgIpc) is 3.13. The third kappa shape index (κ3) is 3.13. The summed E-state index contributed by atoms with van der Waals surface area (Å²) in [7, 11) is 0. The smallest absolute Gasteiger partial charge is 0.134 e. The first-order valence-electron chi connectivity index (χ1n) is 8.36. The maximum atomic E-state index is 6.23. The van der Waals surface area contributed by atoms with Gasteiger partial charge in [0.15, 0.2) is 0 Å². The normalized spacial score (nSPS) is 13.6. The van der Waals surface area contributed by atoms with Gasteiger partial charge in [-0.1, -0.05) is 6.07 Å². The molecular weight excluding hydrogens is 314 g/mol. The molecule has 0 bridgehead atoms. The fraction of sp³-hybridized carbons (Fsp3) is 0.278. The Morgan fingerprint density at radius 3 is 3.04 bits per heavy atom. The Morgan fingerprint density at radius 2 is 2.24 bits per heavy atom. The van der Waals surface area contributed by atoms with Crippen LogP contribution < -0.4 is 16.0 Å². The average molecular weight is 335 g/mol. The largest absolute Gasteiger partial charge is 0.397 e. The number of aryl methyl sites for hydroxylation is 1. The van der Waals surface area contributed by atoms with Crippen LogP contribution in [-0.2, 0) is 19.5 Å². The number of nitrogen functional groups attached to an aromatic ring is 1. The van der Waals surface area contributed by atoms with Crippen LogP contribution in [0.15, 0.2) is 36.9 Å². The third-order valence-electron chi connectivity index (χ3n) is 4.54. The van der Waals surface area contributed by atoms with Crippen molar-refractivity contribution in [2.45, 2.75) is 26.4 Å². The molecule has 1 aliphatic rings. The number of aromatic nitrogens is 4. The van der Waals surface area contributed by atoms with Crippen LogP contribution in [-0.4, -0.2) is 26.7 Å². The summed E-state index contributed by atoms with van der Waals surface area (Å²) in [6.45, 7) is 4.37. The fourth-order valence-corrected chi connectivity index (χ4v) is 3.22. The van der Waals surface area contributed by atoms with Gasteiger partial charge in [0, 0.05) is 43.4 Å². The summed E-state index contributed by atoms with van der Waals surface area (Å²) in [6.07, 6.45) is 6.19. The lowest BCUT2D eigenvalue weighted by atomic mass is 10.0. The molecule has 2 aromatic heterocycles. The van der Waals surface area contributed by atoms with Crippen molar-refractivity contribution in [3.63, 3.8) is 0 Å². The molecule has 0 fully saturated rings. The Bertz CT molecular complexity index is 873. The van der Waals surface area contributed by atoms with Gasteiger partial charge < -0.3 is 16.0 Å². The van der Waals surface area contributed by atoms with E-state index in [1.165, 1.54) is 5.56 Å². The van der Waals surface area contributed by atoms with Crippen molar-refractivity contribution in [3.8, 4) is 0 Å². The first-order valence-corrected chi connectivity index (χ1v) is 8.36. The molecule has 0 saturated heterocycles. The van der Waals surface area contributed by atoms with Crippen LogP contribution in [0.4, 0.5) is 17.2 Å². The molecular formula is C18H21N7. The van der Waals surface area contributed by atoms with Crippen molar-refractivity contribution in [2.75, 3.05) is 22.5 Å². The number of benzene rings is 1. The van der Waals surface area contributed by atoms with Crippen LogP contribution in [0.25, 0.3) is 0 Å². The molecule has 0 spiro atoms. The number of nitrogens with two attached hydrogens (primary N) is 1. The number of nitrogens with zero attached hydrogens (tertiary/aromatic N) is 4. The van der Waals surface area contributed by atoms with Crippen LogP contribution in [0.1, 0.15) is 22.4 Å². The van der Waals surface area contributed by atoms with Gasteiger partial charge in [-0.15, -0.1) is 0 Å². The SMILES string of the molecule is Cc1ccc(N2CCc3ncnc(NCc4cn[nH]c4)c3C2)c(N)c1. The van der Waals surface area contributed by atoms with Gasteiger partial charge in [-0.2, -0.15) is 5.10 Å². The molecule has 3 aromatic rings. The molecule has 0 saturated carbocycles. The highest BCUT2D eigenvalue weighted by atomic mass is 15.2. The maximum Gasteiger partial charge on any atom is 0.134 e. The minimum atomic E-state index is 0.673. The summed E-state index contributed by atoms with van der Waals surface area (Å²) in [5, 5.41) is 10.2. The molecule has 1 aliphatic heterocycles. The predicted molar refractivity (Wildman–Crippen MR) is 98.3 cm³/mol. The van der Waals surface area contributed by atoms with Gasteiger partial charge >= 0.3 is 0 Å². The van der Waals surface area contributed by atoms with Crippen LogP contribution in [0.5, 0.6) is 0 Å². The summed E-state index contributed by atoms with van der Waals surface area (Å²) in [5.74, 6) is 0.876. The summed E-state index contributed by atoms with van der Waals surface area (Å²) < 4.78 is 0. The second-order valence-corrected chi connectivity index (χ2v) is 6.34. The molecule has 0 amide bonds. The van der Waals surface area contributed by atoms with Crippen LogP contribution in [0.2, 0.25) is 0 Å². The number of anilines is 3. The molecule has 25 heavy (non-hydrogen) atoms. The lowest BCUT2D eigenvalue weighted by Crippen LogP contribution is -2.32. The van der Waals surface area contributed by atoms with Crippen LogP contribution in [0, 0.1) is 6.92 Å². The highest BCUT2D eigenvalue weighted by Gasteiger charge is 2.22. The molecule has 4 N–H and O–H groups in total. The van der Waals surface area contributed by atoms with Crippen molar-refractivity contribution < 1.29 is 0 Å². The standard InChI is InChI=1S/C18H21N7/c1-12-2-3-17(15(19)6-12)25-5-4-16-14(10-25)18(22-11-21-16)20-7-13-8-23-24-9-13/h2-3,6,8-9,11H,4-5,7,10,19H2,1H3,(H,23,24)(H,20,21,22). The lowest BCUT2D eigenvalue weighted by Gasteiger charge is -2.32. The Hall–Kier alpha value is -3.09. The second-order valence-electron chi connectivity index (χ2n) is 6.34. The molecule has 0 unspecified atom stereocenters. The zero-order valence-corrected chi connectivity index (χ0v) is 14.2. The van der Waals surface area contributed by atoms with Gasteiger partial charge in [-0.3, -0.25) is 5.10 Å². The van der Waals surface area contributed by atoms with Crippen molar-refractivity contribution >= 4 is 17.2 Å². The quantitative estimate of drug-likeness (QED) is 0.633. The van der Waals surface area contributed by atoms with E-state index in [-0.39, 0.29) is 0 Å². The topological polar surface area (TPSA) is 95.8 Å². The van der Waals surface area contributed by atoms with E-state index in [0.29, 0.717) is 6.54 Å². The van der Waals surface area contributed by atoms with E-state index in [1.807, 2.05) is 12.3 Å². The van der Waals surface area contributed by atoms with Crippen molar-refractivity contribution in [2.24, 2.45) is 0 Å². The Balaban J connectivity index is 1.58. The number of aromatic amines is 1. The third-order valence-corrected chi connectivity index (χ3v) is 4.54. The van der Waals surface area contributed by atoms with E-state index >= 15 is 0 Å². The fourth-order valence-electron chi connectivity index (χ4n) is 3.22. The molecule has 7 nitrogen and oxygen atoms in total. The first-order chi connectivity index (χ1) is 12.2. The van der Waals surface area contributed by atoms with E-state index in [2.05, 4.69) is 49.4 Å². The van der Waals surface area contributed by atoms with Gasteiger partial charge in [0.05, 0.1) is 23.3 Å². The van der Waals surface area contributed by atoms with E-state index in [0.717, 1.165) is 53.5 Å². The first kappa shape index (κ1) is 15.4. The van der Waals surface area contributed by atoms with Gasteiger partial charge in [0.2, 0.25) is 0 Å². The number of H-pyrrole nitrogens is 1. The maximum absolute atomic E-state index is 6.23. The molecule has 1 aromatic carbocycles. The number of nitrogens with one attached hydrogen (secondary N) is 2. The van der Waals surface area contributed by atoms with Gasteiger partial charge in [0.25, 0.3) is 0 Å². The molecule has 0 atom stereocenters. The summed E-state index contributed by atoms with van der Waals surface area (Å²) >= 11 is 0. The summed E-state index contributed by atoms with van der Waals surface area (Å²) in [6, 6.07) is 6.21. The van der Waals surface area contributed by atoms with Gasteiger partial charge in [0.1, 0.15) is 12.1 Å². The zero-order chi connectivity index (χ0) is 17.2. The minimum absolute atomic E-state index is 0.673. The Labute approximate surface area is 146 Å². The summed E-state index contributed by atoms with van der Waals surface area (Å²) in [4.78, 5) is 11.2. The lowest BCUT2D eigenvalue weighted by molar-refractivity contribution is 0.707. The van der Waals surface area contributed by atoms with E-state index in [9.17, 15) is 0 Å². The van der Waals surface area contributed by atoms with E-state index in [1.54, 1.807) is 12.5 Å². The highest BCUT2D eigenvalue weighted by Crippen LogP contribution is 2.31. The van der Waals surface area contributed by atoms with Crippen LogP contribution in [0.3, 0.4) is 0 Å². The van der Waals surface area contributed by atoms with E-state index in [4.69, 9.17) is 5.73 Å². The number of hydrogen-bond donors (Lipinski definition) is 3. The Morgan fingerprint density at radius 1 is 1.32 bits per heavy atom. The second kappa shape index (κ2) is 6.43. The monoisotopic (exact) mass is 335 g/mol. The predicted octanol–water partition coefficient (Wildman–Crippen LogP) is 2.27. The number of rotatable bonds is 4. The van der Waals surface area contributed by atoms with Crippen molar-refractivity contribution in [1.29, 1.82) is 0 Å². The molecule has 3 heterocycles. The van der Waals surface area contributed by atoms with Gasteiger partial charge in [-0.25, -0.2) is 9.97 Å². The molecule has 4 rings (SSSR count).